The monoisotopic (exact) mass is 339 g/mol. The quantitative estimate of drug-likeness (QED) is 0.396. The normalized spacial score (nSPS) is 10.8. The summed E-state index contributed by atoms with van der Waals surface area (Å²) in [6.45, 7) is 0. The second-order valence-corrected chi connectivity index (χ2v) is 6.72. The van der Waals surface area contributed by atoms with Crippen LogP contribution in [0.25, 0.3) is 5.95 Å². The highest BCUT2D eigenvalue weighted by molar-refractivity contribution is 8.02. The van der Waals surface area contributed by atoms with E-state index >= 15 is 0 Å². The molecule has 0 saturated heterocycles. The van der Waals surface area contributed by atoms with Crippen LogP contribution in [0.5, 0.6) is 0 Å². The zero-order valence-electron chi connectivity index (χ0n) is 10.7. The van der Waals surface area contributed by atoms with Crippen LogP contribution in [0.2, 0.25) is 0 Å². The maximum atomic E-state index is 5.39. The Bertz CT molecular complexity index is 726. The van der Waals surface area contributed by atoms with Crippen molar-refractivity contribution in [2.24, 2.45) is 5.84 Å². The van der Waals surface area contributed by atoms with Gasteiger partial charge in [0.25, 0.3) is 5.95 Å². The van der Waals surface area contributed by atoms with Gasteiger partial charge < -0.3 is 0 Å². The lowest BCUT2D eigenvalue weighted by atomic mass is 10.7. The van der Waals surface area contributed by atoms with Gasteiger partial charge in [0.05, 0.1) is 0 Å². The summed E-state index contributed by atoms with van der Waals surface area (Å²) in [4.78, 5) is 12.7. The molecular formula is C9H9N9S3. The molecule has 0 spiro atoms. The number of thioether (sulfide) groups is 1. The molecule has 21 heavy (non-hydrogen) atoms. The van der Waals surface area contributed by atoms with Crippen LogP contribution in [0.15, 0.2) is 32.3 Å². The molecule has 0 radical (unpaired) electrons. The summed E-state index contributed by atoms with van der Waals surface area (Å²) in [7, 11) is 0. The van der Waals surface area contributed by atoms with Gasteiger partial charge in [0, 0.05) is 12.4 Å². The molecule has 0 aliphatic carbocycles. The van der Waals surface area contributed by atoms with E-state index in [0.29, 0.717) is 11.1 Å². The lowest BCUT2D eigenvalue weighted by molar-refractivity contribution is 0.760. The Kier molecular flexibility index (Phi) is 4.28. The molecule has 0 aliphatic heterocycles. The Morgan fingerprint density at radius 2 is 2.10 bits per heavy atom. The molecule has 108 valence electrons. The van der Waals surface area contributed by atoms with Gasteiger partial charge in [-0.1, -0.05) is 23.1 Å². The molecule has 0 atom stereocenters. The number of nitrogen functional groups attached to an aromatic ring is 1. The summed E-state index contributed by atoms with van der Waals surface area (Å²) in [6, 6.07) is 1.78. The minimum atomic E-state index is 0.257. The molecule has 3 heterocycles. The average molecular weight is 339 g/mol. The maximum Gasteiger partial charge on any atom is 0.256 e. The van der Waals surface area contributed by atoms with Crippen LogP contribution in [-0.2, 0) is 0 Å². The SMILES string of the molecule is CSc1nnc(Sc2nc(NN)nc(-n3cccn3)n2)s1. The molecule has 0 fully saturated rings. The van der Waals surface area contributed by atoms with Gasteiger partial charge >= 0.3 is 0 Å². The van der Waals surface area contributed by atoms with E-state index in [1.54, 1.807) is 30.2 Å². The lowest BCUT2D eigenvalue weighted by Gasteiger charge is -2.04. The second-order valence-electron chi connectivity index (χ2n) is 3.48. The van der Waals surface area contributed by atoms with E-state index in [0.717, 1.165) is 8.68 Å². The van der Waals surface area contributed by atoms with E-state index in [1.807, 2.05) is 6.26 Å². The topological polar surface area (TPSA) is 120 Å². The van der Waals surface area contributed by atoms with E-state index in [9.17, 15) is 0 Å². The Balaban J connectivity index is 1.92. The number of anilines is 1. The average Bonchev–Trinajstić information content (AvgIpc) is 3.18. The van der Waals surface area contributed by atoms with Gasteiger partial charge in [0.1, 0.15) is 0 Å². The third-order valence-electron chi connectivity index (χ3n) is 2.18. The van der Waals surface area contributed by atoms with Gasteiger partial charge in [-0.15, -0.1) is 10.2 Å². The van der Waals surface area contributed by atoms with Crippen molar-refractivity contribution >= 4 is 40.8 Å². The summed E-state index contributed by atoms with van der Waals surface area (Å²) >= 11 is 4.31. The van der Waals surface area contributed by atoms with Gasteiger partial charge in [-0.25, -0.2) is 10.5 Å². The maximum absolute atomic E-state index is 5.39. The predicted molar refractivity (Wildman–Crippen MR) is 80.6 cm³/mol. The molecule has 3 aromatic heterocycles. The Morgan fingerprint density at radius 3 is 2.76 bits per heavy atom. The Morgan fingerprint density at radius 1 is 1.24 bits per heavy atom. The second kappa shape index (κ2) is 6.34. The largest absolute Gasteiger partial charge is 0.292 e. The van der Waals surface area contributed by atoms with E-state index in [1.165, 1.54) is 27.8 Å². The number of nitrogens with one attached hydrogen (secondary N) is 1. The van der Waals surface area contributed by atoms with Crippen molar-refractivity contribution in [2.45, 2.75) is 13.8 Å². The fourth-order valence-electron chi connectivity index (χ4n) is 1.34. The summed E-state index contributed by atoms with van der Waals surface area (Å²) in [5.41, 5.74) is 2.42. The van der Waals surface area contributed by atoms with Gasteiger partial charge in [-0.3, -0.25) is 5.43 Å². The number of nitrogens with zero attached hydrogens (tertiary/aromatic N) is 7. The molecule has 0 aromatic carbocycles. The van der Waals surface area contributed by atoms with Crippen molar-refractivity contribution in [1.29, 1.82) is 0 Å². The molecule has 0 unspecified atom stereocenters. The molecule has 9 nitrogen and oxygen atoms in total. The minimum absolute atomic E-state index is 0.257. The van der Waals surface area contributed by atoms with Gasteiger partial charge in [0.2, 0.25) is 11.1 Å². The van der Waals surface area contributed by atoms with Crippen LogP contribution in [-0.4, -0.2) is 41.2 Å². The summed E-state index contributed by atoms with van der Waals surface area (Å²) in [5.74, 6) is 6.02. The summed E-state index contributed by atoms with van der Waals surface area (Å²) in [5, 5.41) is 12.6. The Hall–Kier alpha value is -1.76. The first-order valence-corrected chi connectivity index (χ1v) is 8.42. The van der Waals surface area contributed by atoms with Gasteiger partial charge in [-0.05, 0) is 24.1 Å². The van der Waals surface area contributed by atoms with Crippen molar-refractivity contribution in [3.8, 4) is 5.95 Å². The van der Waals surface area contributed by atoms with E-state index in [2.05, 4.69) is 35.7 Å². The first-order valence-electron chi connectivity index (χ1n) is 5.56. The molecular weight excluding hydrogens is 330 g/mol. The molecule has 0 bridgehead atoms. The standard InChI is InChI=1S/C9H9N9S3/c1-19-8-16-17-9(21-8)20-7-13-5(15-10)12-6(14-7)18-4-2-3-11-18/h2-4H,10H2,1H3,(H,12,13,14,15). The lowest BCUT2D eigenvalue weighted by Crippen LogP contribution is -2.14. The molecule has 3 rings (SSSR count). The van der Waals surface area contributed by atoms with Crippen LogP contribution < -0.4 is 11.3 Å². The number of hydrazine groups is 1. The smallest absolute Gasteiger partial charge is 0.256 e. The van der Waals surface area contributed by atoms with Crippen molar-refractivity contribution in [3.05, 3.63) is 18.5 Å². The summed E-state index contributed by atoms with van der Waals surface area (Å²) < 4.78 is 3.16. The number of rotatable bonds is 5. The van der Waals surface area contributed by atoms with Gasteiger partial charge in [0.15, 0.2) is 8.68 Å². The van der Waals surface area contributed by atoms with Gasteiger partial charge in [-0.2, -0.15) is 20.1 Å². The van der Waals surface area contributed by atoms with Crippen molar-refractivity contribution < 1.29 is 0 Å². The third-order valence-corrected chi connectivity index (χ3v) is 5.00. The molecule has 12 heteroatoms. The number of hydrogen-bond acceptors (Lipinski definition) is 11. The Labute approximate surface area is 131 Å². The number of hydrogen-bond donors (Lipinski definition) is 2. The summed E-state index contributed by atoms with van der Waals surface area (Å²) in [6.07, 6.45) is 5.33. The van der Waals surface area contributed by atoms with E-state index < -0.39 is 0 Å². The first kappa shape index (κ1) is 14.2. The molecule has 0 aliphatic rings. The number of nitrogens with two attached hydrogens (primary N) is 1. The highest BCUT2D eigenvalue weighted by atomic mass is 32.2. The predicted octanol–water partition coefficient (Wildman–Crippen LogP) is 1.07. The highest BCUT2D eigenvalue weighted by Crippen LogP contribution is 2.31. The van der Waals surface area contributed by atoms with E-state index in [4.69, 9.17) is 5.84 Å². The van der Waals surface area contributed by atoms with Crippen LogP contribution in [0, 0.1) is 0 Å². The van der Waals surface area contributed by atoms with Crippen molar-refractivity contribution in [3.63, 3.8) is 0 Å². The third kappa shape index (κ3) is 3.29. The van der Waals surface area contributed by atoms with Crippen LogP contribution >= 0.6 is 34.9 Å². The fourth-order valence-corrected chi connectivity index (χ4v) is 3.63. The zero-order valence-corrected chi connectivity index (χ0v) is 13.1. The van der Waals surface area contributed by atoms with Crippen LogP contribution in [0.3, 0.4) is 0 Å². The number of aromatic nitrogens is 7. The molecule has 0 saturated carbocycles. The highest BCUT2D eigenvalue weighted by Gasteiger charge is 2.12. The van der Waals surface area contributed by atoms with Crippen molar-refractivity contribution in [2.75, 3.05) is 11.7 Å². The van der Waals surface area contributed by atoms with Crippen molar-refractivity contribution in [1.82, 2.24) is 34.9 Å². The van der Waals surface area contributed by atoms with Crippen LogP contribution in [0.1, 0.15) is 0 Å². The minimum Gasteiger partial charge on any atom is -0.292 e. The molecule has 0 amide bonds. The van der Waals surface area contributed by atoms with E-state index in [-0.39, 0.29) is 5.95 Å². The fraction of sp³-hybridized carbons (Fsp3) is 0.111. The molecule has 3 N–H and O–H groups in total. The van der Waals surface area contributed by atoms with Crippen LogP contribution in [0.4, 0.5) is 5.95 Å². The molecule has 3 aromatic rings. The first-order chi connectivity index (χ1) is 10.3. The zero-order chi connectivity index (χ0) is 14.7.